The molecule has 0 bridgehead atoms. The molecule has 1 aromatic carbocycles. The molecule has 1 amide bonds. The van der Waals surface area contributed by atoms with Crippen LogP contribution in [0.25, 0.3) is 0 Å². The zero-order valence-corrected chi connectivity index (χ0v) is 13.4. The molecular formula is C13H5F14NO2. The number of carbonyl (C=O) groups is 1. The third-order valence-electron chi connectivity index (χ3n) is 3.13. The number of hydrogen-bond donors (Lipinski definition) is 1. The molecule has 17 heteroatoms. The molecule has 1 N–H and O–H groups in total. The monoisotopic (exact) mass is 473 g/mol. The van der Waals surface area contributed by atoms with Gasteiger partial charge in [-0.1, -0.05) is 12.1 Å². The van der Waals surface area contributed by atoms with Crippen LogP contribution in [-0.4, -0.2) is 36.1 Å². The van der Waals surface area contributed by atoms with Crippen LogP contribution in [0.15, 0.2) is 24.3 Å². The zero-order valence-electron chi connectivity index (χ0n) is 13.4. The highest BCUT2D eigenvalue weighted by Gasteiger charge is 2.79. The van der Waals surface area contributed by atoms with Crippen molar-refractivity contribution in [1.29, 1.82) is 0 Å². The van der Waals surface area contributed by atoms with Crippen LogP contribution >= 0.6 is 0 Å². The van der Waals surface area contributed by atoms with E-state index in [1.807, 2.05) is 4.74 Å². The SMILES string of the molecule is O=C(Nc1ccccc1C(F)(F)F)[C@@](F)(OC(F)(F)C(F)(F)C(F)(F)F)C(F)(F)F. The van der Waals surface area contributed by atoms with Gasteiger partial charge in [0.1, 0.15) is 0 Å². The van der Waals surface area contributed by atoms with Gasteiger partial charge in [0.05, 0.1) is 11.3 Å². The third-order valence-corrected chi connectivity index (χ3v) is 3.13. The maximum absolute atomic E-state index is 14.0. The van der Waals surface area contributed by atoms with Crippen LogP contribution in [-0.2, 0) is 15.7 Å². The lowest BCUT2D eigenvalue weighted by molar-refractivity contribution is -0.472. The van der Waals surface area contributed by atoms with E-state index in [2.05, 4.69) is 0 Å². The van der Waals surface area contributed by atoms with Crippen molar-refractivity contribution in [3.63, 3.8) is 0 Å². The number of halogens is 14. The maximum Gasteiger partial charge on any atom is 0.462 e. The van der Waals surface area contributed by atoms with Crippen LogP contribution in [0.1, 0.15) is 5.56 Å². The summed E-state index contributed by atoms with van der Waals surface area (Å²) >= 11 is 0. The van der Waals surface area contributed by atoms with E-state index in [9.17, 15) is 66.3 Å². The summed E-state index contributed by atoms with van der Waals surface area (Å²) in [4.78, 5) is 11.5. The van der Waals surface area contributed by atoms with Gasteiger partial charge >= 0.3 is 36.4 Å². The molecule has 1 atom stereocenters. The Morgan fingerprint density at radius 2 is 1.20 bits per heavy atom. The summed E-state index contributed by atoms with van der Waals surface area (Å²) < 4.78 is 180. The van der Waals surface area contributed by atoms with Crippen molar-refractivity contribution in [3.05, 3.63) is 29.8 Å². The van der Waals surface area contributed by atoms with Gasteiger partial charge in [-0.25, -0.2) is 0 Å². The van der Waals surface area contributed by atoms with Crippen molar-refractivity contribution in [1.82, 2.24) is 0 Å². The van der Waals surface area contributed by atoms with Crippen LogP contribution < -0.4 is 5.32 Å². The Labute approximate surface area is 155 Å². The third kappa shape index (κ3) is 4.70. The summed E-state index contributed by atoms with van der Waals surface area (Å²) in [5, 5.41) is 0.539. The lowest BCUT2D eigenvalue weighted by atomic mass is 10.1. The van der Waals surface area contributed by atoms with Crippen LogP contribution in [0.3, 0.4) is 0 Å². The molecule has 3 nitrogen and oxygen atoms in total. The summed E-state index contributed by atoms with van der Waals surface area (Å²) in [7, 11) is 0. The predicted molar refractivity (Wildman–Crippen MR) is 67.0 cm³/mol. The Hall–Kier alpha value is -2.33. The summed E-state index contributed by atoms with van der Waals surface area (Å²) in [5.41, 5.74) is -3.61. The Morgan fingerprint density at radius 1 is 0.733 bits per heavy atom. The Balaban J connectivity index is 3.43. The minimum Gasteiger partial charge on any atom is -0.320 e. The van der Waals surface area contributed by atoms with E-state index in [1.54, 1.807) is 0 Å². The molecule has 0 saturated heterocycles. The van der Waals surface area contributed by atoms with Crippen molar-refractivity contribution in [3.8, 4) is 0 Å². The molecule has 1 aromatic rings. The first-order valence-electron chi connectivity index (χ1n) is 6.84. The highest BCUT2D eigenvalue weighted by atomic mass is 19.4. The minimum absolute atomic E-state index is 0.135. The van der Waals surface area contributed by atoms with Crippen LogP contribution in [0.2, 0.25) is 0 Å². The van der Waals surface area contributed by atoms with E-state index < -0.39 is 53.6 Å². The number of ether oxygens (including phenoxy) is 1. The van der Waals surface area contributed by atoms with Crippen molar-refractivity contribution < 1.29 is 71.0 Å². The number of carbonyl (C=O) groups excluding carboxylic acids is 1. The van der Waals surface area contributed by atoms with E-state index in [0.29, 0.717) is 17.4 Å². The Kier molecular flexibility index (Phi) is 6.36. The number of nitrogens with one attached hydrogen (secondary N) is 1. The molecule has 172 valence electrons. The molecule has 0 aromatic heterocycles. The first-order chi connectivity index (χ1) is 13.1. The number of rotatable bonds is 5. The number of anilines is 1. The number of para-hydroxylation sites is 1. The summed E-state index contributed by atoms with van der Waals surface area (Å²) in [5.74, 6) is -17.6. The predicted octanol–water partition coefficient (Wildman–Crippen LogP) is 5.68. The first-order valence-corrected chi connectivity index (χ1v) is 6.84. The van der Waals surface area contributed by atoms with E-state index >= 15 is 0 Å². The fourth-order valence-corrected chi connectivity index (χ4v) is 1.68. The van der Waals surface area contributed by atoms with Gasteiger partial charge < -0.3 is 5.32 Å². The number of amides is 1. The van der Waals surface area contributed by atoms with Gasteiger partial charge in [0.2, 0.25) is 0 Å². The molecule has 0 unspecified atom stereocenters. The van der Waals surface area contributed by atoms with Gasteiger partial charge in [0.25, 0.3) is 5.91 Å². The normalized spacial score (nSPS) is 16.2. The van der Waals surface area contributed by atoms with Crippen LogP contribution in [0.4, 0.5) is 67.2 Å². The maximum atomic E-state index is 14.0. The highest BCUT2D eigenvalue weighted by Crippen LogP contribution is 2.51. The molecule has 30 heavy (non-hydrogen) atoms. The summed E-state index contributed by atoms with van der Waals surface area (Å²) in [6.07, 6.45) is -27.0. The van der Waals surface area contributed by atoms with Gasteiger partial charge in [-0.2, -0.15) is 61.5 Å². The van der Waals surface area contributed by atoms with Gasteiger partial charge in [-0.05, 0) is 12.1 Å². The van der Waals surface area contributed by atoms with Gasteiger partial charge in [0, 0.05) is 0 Å². The topological polar surface area (TPSA) is 38.3 Å². The fourth-order valence-electron chi connectivity index (χ4n) is 1.68. The second kappa shape index (κ2) is 7.42. The van der Waals surface area contributed by atoms with Gasteiger partial charge in [-0.3, -0.25) is 9.53 Å². The van der Waals surface area contributed by atoms with E-state index in [-0.39, 0.29) is 12.1 Å². The van der Waals surface area contributed by atoms with Crippen molar-refractivity contribution in [2.24, 2.45) is 0 Å². The Bertz CT molecular complexity index is 781. The van der Waals surface area contributed by atoms with Gasteiger partial charge in [0.15, 0.2) is 0 Å². The average molecular weight is 473 g/mol. The van der Waals surface area contributed by atoms with Crippen LogP contribution in [0, 0.1) is 0 Å². The lowest BCUT2D eigenvalue weighted by Gasteiger charge is -2.34. The van der Waals surface area contributed by atoms with Crippen molar-refractivity contribution >= 4 is 11.6 Å². The quantitative estimate of drug-likeness (QED) is 0.560. The molecule has 1 rings (SSSR count). The summed E-state index contributed by atoms with van der Waals surface area (Å²) in [6.45, 7) is 0. The molecule has 0 aliphatic carbocycles. The summed E-state index contributed by atoms with van der Waals surface area (Å²) in [6, 6.07) is 1.63. The molecule has 0 fully saturated rings. The second-order valence-corrected chi connectivity index (χ2v) is 5.28. The fraction of sp³-hybridized carbons (Fsp3) is 0.462. The molecule has 0 aliphatic rings. The smallest absolute Gasteiger partial charge is 0.320 e. The van der Waals surface area contributed by atoms with Crippen LogP contribution in [0.5, 0.6) is 0 Å². The average Bonchev–Trinajstić information content (AvgIpc) is 2.51. The molecule has 0 aliphatic heterocycles. The number of hydrogen-bond acceptors (Lipinski definition) is 2. The lowest BCUT2D eigenvalue weighted by Crippen LogP contribution is -2.62. The molecule has 0 heterocycles. The number of benzene rings is 1. The molecule has 0 radical (unpaired) electrons. The van der Waals surface area contributed by atoms with E-state index in [0.717, 1.165) is 0 Å². The van der Waals surface area contributed by atoms with Crippen molar-refractivity contribution in [2.75, 3.05) is 5.32 Å². The van der Waals surface area contributed by atoms with Crippen molar-refractivity contribution in [2.45, 2.75) is 36.4 Å². The molecule has 0 spiro atoms. The standard InChI is InChI=1S/C13H5F14NO2/c14-8(11(20,21)22,30-13(26,27)10(18,19)12(23,24)25)7(29)28-6-4-2-1-3-5(6)9(15,16)17/h1-4H,(H,28,29)/t8-/m1/s1. The minimum atomic E-state index is -7.42. The first kappa shape index (κ1) is 25.7. The van der Waals surface area contributed by atoms with E-state index in [4.69, 9.17) is 0 Å². The number of alkyl halides is 14. The second-order valence-electron chi connectivity index (χ2n) is 5.28. The Morgan fingerprint density at radius 3 is 1.60 bits per heavy atom. The largest absolute Gasteiger partial charge is 0.462 e. The zero-order chi connectivity index (χ0) is 24.0. The van der Waals surface area contributed by atoms with E-state index in [1.165, 1.54) is 0 Å². The highest BCUT2D eigenvalue weighted by molar-refractivity contribution is 5.97. The van der Waals surface area contributed by atoms with Gasteiger partial charge in [-0.15, -0.1) is 0 Å². The molecule has 0 saturated carbocycles. The molecular weight excluding hydrogens is 468 g/mol.